The lowest BCUT2D eigenvalue weighted by molar-refractivity contribution is -0.121. The van der Waals surface area contributed by atoms with Crippen LogP contribution in [0.1, 0.15) is 45.7 Å². The second kappa shape index (κ2) is 9.74. The summed E-state index contributed by atoms with van der Waals surface area (Å²) >= 11 is 0. The lowest BCUT2D eigenvalue weighted by Gasteiger charge is -2.40. The Hall–Kier alpha value is -2.08. The first-order chi connectivity index (χ1) is 12.8. The number of rotatable bonds is 5. The van der Waals surface area contributed by atoms with Gasteiger partial charge in [0.15, 0.2) is 5.96 Å². The van der Waals surface area contributed by atoms with E-state index in [1.54, 1.807) is 7.05 Å². The quantitative estimate of drug-likeness (QED) is 0.614. The van der Waals surface area contributed by atoms with Crippen LogP contribution in [0.25, 0.3) is 0 Å². The van der Waals surface area contributed by atoms with Crippen LogP contribution in [0.5, 0.6) is 0 Å². The minimum atomic E-state index is -0.222. The number of hydrogen-bond donors (Lipinski definition) is 2. The van der Waals surface area contributed by atoms with Crippen LogP contribution in [0.4, 0.5) is 0 Å². The second-order valence-corrected chi connectivity index (χ2v) is 8.06. The van der Waals surface area contributed by atoms with E-state index in [1.165, 1.54) is 5.56 Å². The third-order valence-corrected chi connectivity index (χ3v) is 4.76. The molecule has 1 aromatic rings. The second-order valence-electron chi connectivity index (χ2n) is 8.06. The van der Waals surface area contributed by atoms with E-state index < -0.39 is 0 Å². The Labute approximate surface area is 164 Å². The van der Waals surface area contributed by atoms with Gasteiger partial charge in [-0.15, -0.1) is 0 Å². The summed E-state index contributed by atoms with van der Waals surface area (Å²) in [5, 5.41) is 6.16. The molecule has 6 nitrogen and oxygen atoms in total. The van der Waals surface area contributed by atoms with E-state index in [-0.39, 0.29) is 18.0 Å². The molecule has 1 unspecified atom stereocenters. The highest BCUT2D eigenvalue weighted by atomic mass is 16.2. The number of nitrogens with zero attached hydrogens (tertiary/aromatic N) is 3. The third-order valence-electron chi connectivity index (χ3n) is 4.76. The van der Waals surface area contributed by atoms with Crippen LogP contribution in [0.3, 0.4) is 0 Å². The number of guanidine groups is 1. The van der Waals surface area contributed by atoms with Crippen LogP contribution >= 0.6 is 0 Å². The molecule has 0 aromatic heterocycles. The molecule has 1 aromatic carbocycles. The predicted molar refractivity (Wildman–Crippen MR) is 112 cm³/mol. The summed E-state index contributed by atoms with van der Waals surface area (Å²) in [6.45, 7) is 12.2. The topological polar surface area (TPSA) is 60.0 Å². The number of benzene rings is 1. The van der Waals surface area contributed by atoms with Gasteiger partial charge in [0.2, 0.25) is 5.91 Å². The van der Waals surface area contributed by atoms with Crippen LogP contribution < -0.4 is 10.6 Å². The molecule has 150 valence electrons. The Morgan fingerprint density at radius 2 is 1.78 bits per heavy atom. The van der Waals surface area contributed by atoms with Crippen LogP contribution in [0.2, 0.25) is 0 Å². The average molecular weight is 374 g/mol. The summed E-state index contributed by atoms with van der Waals surface area (Å²) in [5.41, 5.74) is 1.16. The standard InChI is InChI=1S/C21H35N5O/c1-6-18(17-10-8-7-9-11-17)25-12-14-26(15-13-25)20(22-5)23-16-19(27)24-21(2,3)4/h7-11,18H,6,12-16H2,1-5H3,(H,22,23)(H,24,27). The monoisotopic (exact) mass is 373 g/mol. The zero-order valence-electron chi connectivity index (χ0n) is 17.5. The zero-order valence-corrected chi connectivity index (χ0v) is 17.5. The molecule has 2 rings (SSSR count). The maximum Gasteiger partial charge on any atom is 0.239 e. The number of amides is 1. The van der Waals surface area contributed by atoms with Crippen molar-refractivity contribution in [3.8, 4) is 0 Å². The fraction of sp³-hybridized carbons (Fsp3) is 0.619. The van der Waals surface area contributed by atoms with Crippen molar-refractivity contribution in [2.24, 2.45) is 4.99 Å². The molecule has 0 saturated carbocycles. The first kappa shape index (κ1) is 21.2. The molecule has 1 heterocycles. The Morgan fingerprint density at radius 1 is 1.15 bits per heavy atom. The first-order valence-corrected chi connectivity index (χ1v) is 9.89. The highest BCUT2D eigenvalue weighted by Gasteiger charge is 2.25. The summed E-state index contributed by atoms with van der Waals surface area (Å²) in [7, 11) is 1.77. The van der Waals surface area contributed by atoms with Gasteiger partial charge in [0.25, 0.3) is 0 Å². The van der Waals surface area contributed by atoms with Crippen molar-refractivity contribution in [3.05, 3.63) is 35.9 Å². The van der Waals surface area contributed by atoms with E-state index in [4.69, 9.17) is 0 Å². The molecule has 0 aliphatic carbocycles. The van der Waals surface area contributed by atoms with E-state index in [1.807, 2.05) is 20.8 Å². The van der Waals surface area contributed by atoms with Crippen molar-refractivity contribution < 1.29 is 4.79 Å². The normalized spacial score (nSPS) is 17.5. The number of carbonyl (C=O) groups excluding carboxylic acids is 1. The molecule has 27 heavy (non-hydrogen) atoms. The van der Waals surface area contributed by atoms with Crippen molar-refractivity contribution in [3.63, 3.8) is 0 Å². The molecule has 1 saturated heterocycles. The van der Waals surface area contributed by atoms with Gasteiger partial charge in [-0.25, -0.2) is 0 Å². The van der Waals surface area contributed by atoms with Crippen molar-refractivity contribution in [2.75, 3.05) is 39.8 Å². The van der Waals surface area contributed by atoms with E-state index in [0.29, 0.717) is 6.04 Å². The van der Waals surface area contributed by atoms with Gasteiger partial charge >= 0.3 is 0 Å². The number of nitrogens with one attached hydrogen (secondary N) is 2. The summed E-state index contributed by atoms with van der Waals surface area (Å²) in [6.07, 6.45) is 1.10. The molecule has 1 aliphatic heterocycles. The molecule has 1 atom stereocenters. The largest absolute Gasteiger partial charge is 0.350 e. The van der Waals surface area contributed by atoms with Crippen molar-refractivity contribution in [1.82, 2.24) is 20.4 Å². The fourth-order valence-electron chi connectivity index (χ4n) is 3.58. The molecule has 6 heteroatoms. The predicted octanol–water partition coefficient (Wildman–Crippen LogP) is 2.25. The van der Waals surface area contributed by atoms with E-state index in [9.17, 15) is 4.79 Å². The van der Waals surface area contributed by atoms with Gasteiger partial charge in [-0.2, -0.15) is 0 Å². The van der Waals surface area contributed by atoms with Gasteiger partial charge in [-0.1, -0.05) is 37.3 Å². The van der Waals surface area contributed by atoms with Crippen LogP contribution in [-0.4, -0.2) is 67.0 Å². The van der Waals surface area contributed by atoms with E-state index >= 15 is 0 Å². The average Bonchev–Trinajstić information content (AvgIpc) is 2.63. The number of carbonyl (C=O) groups is 1. The lowest BCUT2D eigenvalue weighted by Crippen LogP contribution is -2.54. The minimum absolute atomic E-state index is 0.0163. The summed E-state index contributed by atoms with van der Waals surface area (Å²) in [5.74, 6) is 0.781. The lowest BCUT2D eigenvalue weighted by atomic mass is 10.0. The summed E-state index contributed by atoms with van der Waals surface area (Å²) < 4.78 is 0. The van der Waals surface area contributed by atoms with Gasteiger partial charge in [0, 0.05) is 44.8 Å². The Balaban J connectivity index is 1.87. The SMILES string of the molecule is CCC(c1ccccc1)N1CCN(C(=NC)NCC(=O)NC(C)(C)C)CC1. The summed E-state index contributed by atoms with van der Waals surface area (Å²) in [4.78, 5) is 21.2. The molecule has 0 spiro atoms. The molecule has 0 bridgehead atoms. The molecular weight excluding hydrogens is 338 g/mol. The van der Waals surface area contributed by atoms with Gasteiger partial charge in [0.1, 0.15) is 0 Å². The van der Waals surface area contributed by atoms with Crippen molar-refractivity contribution in [1.29, 1.82) is 0 Å². The van der Waals surface area contributed by atoms with Crippen molar-refractivity contribution in [2.45, 2.75) is 45.7 Å². The van der Waals surface area contributed by atoms with Gasteiger partial charge in [-0.05, 0) is 32.8 Å². The van der Waals surface area contributed by atoms with Crippen LogP contribution in [0.15, 0.2) is 35.3 Å². The van der Waals surface area contributed by atoms with E-state index in [2.05, 4.69) is 62.7 Å². The van der Waals surface area contributed by atoms with E-state index in [0.717, 1.165) is 38.6 Å². The smallest absolute Gasteiger partial charge is 0.239 e. The zero-order chi connectivity index (χ0) is 19.9. The van der Waals surface area contributed by atoms with Crippen LogP contribution in [-0.2, 0) is 4.79 Å². The fourth-order valence-corrected chi connectivity index (χ4v) is 3.58. The molecule has 2 N–H and O–H groups in total. The number of piperazine rings is 1. The Bertz CT molecular complexity index is 615. The Kier molecular flexibility index (Phi) is 7.66. The number of aliphatic imine (C=N–C) groups is 1. The van der Waals surface area contributed by atoms with Gasteiger partial charge in [0.05, 0.1) is 6.54 Å². The maximum atomic E-state index is 12.0. The molecule has 1 fully saturated rings. The summed E-state index contributed by atoms with van der Waals surface area (Å²) in [6, 6.07) is 11.2. The van der Waals surface area contributed by atoms with Crippen molar-refractivity contribution >= 4 is 11.9 Å². The van der Waals surface area contributed by atoms with Crippen LogP contribution in [0, 0.1) is 0 Å². The Morgan fingerprint density at radius 3 is 2.30 bits per heavy atom. The highest BCUT2D eigenvalue weighted by Crippen LogP contribution is 2.25. The maximum absolute atomic E-state index is 12.0. The molecule has 1 amide bonds. The van der Waals surface area contributed by atoms with Gasteiger partial charge in [-0.3, -0.25) is 14.7 Å². The minimum Gasteiger partial charge on any atom is -0.350 e. The third kappa shape index (κ3) is 6.54. The molecule has 1 aliphatic rings. The molecule has 0 radical (unpaired) electrons. The first-order valence-electron chi connectivity index (χ1n) is 9.89. The van der Waals surface area contributed by atoms with Gasteiger partial charge < -0.3 is 15.5 Å². The number of hydrogen-bond acceptors (Lipinski definition) is 3. The highest BCUT2D eigenvalue weighted by molar-refractivity contribution is 5.86. The molecular formula is C21H35N5O.